The fourth-order valence-electron chi connectivity index (χ4n) is 2.14. The molecule has 4 heteroatoms. The molecule has 0 aliphatic carbocycles. The van der Waals surface area contributed by atoms with Gasteiger partial charge < -0.3 is 10.2 Å². The highest BCUT2D eigenvalue weighted by Gasteiger charge is 2.20. The molecule has 1 N–H and O–H groups in total. The lowest BCUT2D eigenvalue weighted by molar-refractivity contribution is 0.269. The van der Waals surface area contributed by atoms with E-state index in [1.165, 1.54) is 36.7 Å². The van der Waals surface area contributed by atoms with Crippen molar-refractivity contribution in [3.63, 3.8) is 0 Å². The number of rotatable bonds is 8. The van der Waals surface area contributed by atoms with Crippen LogP contribution in [0.15, 0.2) is 4.99 Å². The molecule has 0 aromatic carbocycles. The van der Waals surface area contributed by atoms with E-state index in [1.54, 1.807) is 0 Å². The Morgan fingerprint density at radius 1 is 1.32 bits per heavy atom. The van der Waals surface area contributed by atoms with Gasteiger partial charge in [-0.2, -0.15) is 0 Å². The smallest absolute Gasteiger partial charge is 0.156 e. The lowest BCUT2D eigenvalue weighted by Gasteiger charge is -2.20. The van der Waals surface area contributed by atoms with Gasteiger partial charge in [-0.1, -0.05) is 25.6 Å². The van der Waals surface area contributed by atoms with Crippen molar-refractivity contribution >= 4 is 16.9 Å². The molecule has 0 saturated carbocycles. The van der Waals surface area contributed by atoms with Crippen LogP contribution in [0.4, 0.5) is 0 Å². The predicted molar refractivity (Wildman–Crippen MR) is 88.1 cm³/mol. The quantitative estimate of drug-likeness (QED) is 0.694. The van der Waals surface area contributed by atoms with Crippen LogP contribution < -0.4 is 5.32 Å². The van der Waals surface area contributed by atoms with Crippen molar-refractivity contribution in [1.82, 2.24) is 10.2 Å². The molecule has 112 valence electrons. The molecule has 1 rings (SSSR count). The third-order valence-electron chi connectivity index (χ3n) is 3.56. The zero-order valence-corrected chi connectivity index (χ0v) is 14.1. The lowest BCUT2D eigenvalue weighted by atomic mass is 10.1. The monoisotopic (exact) mass is 285 g/mol. The van der Waals surface area contributed by atoms with E-state index in [2.05, 4.69) is 50.0 Å². The summed E-state index contributed by atoms with van der Waals surface area (Å²) in [4.78, 5) is 7.07. The number of hydrogen-bond acceptors (Lipinski definition) is 3. The Labute approximate surface area is 123 Å². The molecule has 3 nitrogen and oxygen atoms in total. The van der Waals surface area contributed by atoms with Crippen molar-refractivity contribution in [2.75, 3.05) is 25.9 Å². The highest BCUT2D eigenvalue weighted by Crippen LogP contribution is 2.19. The van der Waals surface area contributed by atoms with E-state index in [-0.39, 0.29) is 0 Å². The van der Waals surface area contributed by atoms with Crippen molar-refractivity contribution < 1.29 is 0 Å². The maximum Gasteiger partial charge on any atom is 0.156 e. The van der Waals surface area contributed by atoms with Crippen LogP contribution in [0.3, 0.4) is 0 Å². The van der Waals surface area contributed by atoms with Crippen LogP contribution in [0.1, 0.15) is 47.0 Å². The molecule has 0 bridgehead atoms. The van der Waals surface area contributed by atoms with Gasteiger partial charge >= 0.3 is 0 Å². The number of amidine groups is 1. The maximum atomic E-state index is 4.67. The molecule has 1 fully saturated rings. The topological polar surface area (TPSA) is 27.6 Å². The summed E-state index contributed by atoms with van der Waals surface area (Å²) in [5.41, 5.74) is 0. The van der Waals surface area contributed by atoms with E-state index in [1.807, 2.05) is 11.8 Å². The first-order valence-corrected chi connectivity index (χ1v) is 8.61. The summed E-state index contributed by atoms with van der Waals surface area (Å²) in [5, 5.41) is 4.71. The number of nitrogens with one attached hydrogen (secondary N) is 1. The molecule has 0 radical (unpaired) electrons. The van der Waals surface area contributed by atoms with Crippen LogP contribution in [0.2, 0.25) is 0 Å². The first kappa shape index (κ1) is 16.8. The summed E-state index contributed by atoms with van der Waals surface area (Å²) in [7, 11) is 2.20. The van der Waals surface area contributed by atoms with E-state index >= 15 is 0 Å². The average molecular weight is 286 g/mol. The molecule has 0 aromatic heterocycles. The van der Waals surface area contributed by atoms with E-state index in [0.29, 0.717) is 12.1 Å². The molecule has 1 aliphatic rings. The number of thioether (sulfide) groups is 1. The SMILES string of the molecule is CC(C)CC1CSC(=NCCCCN(C)C(C)C)N1. The molecule has 1 saturated heterocycles. The second-order valence-electron chi connectivity index (χ2n) is 6.25. The summed E-state index contributed by atoms with van der Waals surface area (Å²) in [6.45, 7) is 11.2. The van der Waals surface area contributed by atoms with Gasteiger partial charge in [0.05, 0.1) is 0 Å². The van der Waals surface area contributed by atoms with Gasteiger partial charge in [-0.3, -0.25) is 4.99 Å². The van der Waals surface area contributed by atoms with Crippen LogP contribution in [0.5, 0.6) is 0 Å². The van der Waals surface area contributed by atoms with Gasteiger partial charge in [0.15, 0.2) is 5.17 Å². The maximum absolute atomic E-state index is 4.67. The summed E-state index contributed by atoms with van der Waals surface area (Å²) in [6, 6.07) is 1.28. The van der Waals surface area contributed by atoms with Gasteiger partial charge in [0.2, 0.25) is 0 Å². The van der Waals surface area contributed by atoms with Gasteiger partial charge in [0.1, 0.15) is 0 Å². The van der Waals surface area contributed by atoms with E-state index < -0.39 is 0 Å². The van der Waals surface area contributed by atoms with E-state index in [9.17, 15) is 0 Å². The minimum atomic E-state index is 0.635. The van der Waals surface area contributed by atoms with Crippen molar-refractivity contribution in [2.24, 2.45) is 10.9 Å². The molecular formula is C15H31N3S. The molecule has 1 unspecified atom stereocenters. The Kier molecular flexibility index (Phi) is 7.84. The first-order valence-electron chi connectivity index (χ1n) is 7.63. The summed E-state index contributed by atoms with van der Waals surface area (Å²) in [5.74, 6) is 1.96. The van der Waals surface area contributed by atoms with Crippen LogP contribution in [0, 0.1) is 5.92 Å². The molecule has 0 amide bonds. The molecule has 0 spiro atoms. The molecular weight excluding hydrogens is 254 g/mol. The number of unbranched alkanes of at least 4 members (excludes halogenated alkanes) is 1. The van der Waals surface area contributed by atoms with Crippen LogP contribution >= 0.6 is 11.8 Å². The Morgan fingerprint density at radius 2 is 2.05 bits per heavy atom. The Balaban J connectivity index is 2.10. The van der Waals surface area contributed by atoms with E-state index in [0.717, 1.165) is 12.5 Å². The Morgan fingerprint density at radius 3 is 2.68 bits per heavy atom. The van der Waals surface area contributed by atoms with Gasteiger partial charge in [-0.15, -0.1) is 0 Å². The third kappa shape index (κ3) is 7.21. The van der Waals surface area contributed by atoms with Crippen LogP contribution in [-0.4, -0.2) is 48.0 Å². The molecule has 1 aliphatic heterocycles. The van der Waals surface area contributed by atoms with Crippen LogP contribution in [-0.2, 0) is 0 Å². The zero-order valence-electron chi connectivity index (χ0n) is 13.3. The second kappa shape index (κ2) is 8.85. The van der Waals surface area contributed by atoms with Crippen molar-refractivity contribution in [3.05, 3.63) is 0 Å². The van der Waals surface area contributed by atoms with Gasteiger partial charge in [-0.05, 0) is 52.6 Å². The summed E-state index contributed by atoms with van der Waals surface area (Å²) < 4.78 is 0. The molecule has 1 heterocycles. The first-order chi connectivity index (χ1) is 8.99. The van der Waals surface area contributed by atoms with Crippen molar-refractivity contribution in [1.29, 1.82) is 0 Å². The largest absolute Gasteiger partial charge is 0.361 e. The normalized spacial score (nSPS) is 21.9. The average Bonchev–Trinajstić information content (AvgIpc) is 2.75. The van der Waals surface area contributed by atoms with Gasteiger partial charge in [-0.25, -0.2) is 0 Å². The predicted octanol–water partition coefficient (Wildman–Crippen LogP) is 3.21. The van der Waals surface area contributed by atoms with Gasteiger partial charge in [0, 0.05) is 24.4 Å². The third-order valence-corrected chi connectivity index (χ3v) is 4.65. The standard InChI is InChI=1S/C15H31N3S/c1-12(2)10-14-11-19-15(17-14)16-8-6-7-9-18(5)13(3)4/h12-14H,6-11H2,1-5H3,(H,16,17). The minimum absolute atomic E-state index is 0.635. The Bertz CT molecular complexity index is 277. The second-order valence-corrected chi connectivity index (χ2v) is 7.26. The number of aliphatic imine (C=N–C) groups is 1. The minimum Gasteiger partial charge on any atom is -0.361 e. The lowest BCUT2D eigenvalue weighted by Crippen LogP contribution is -2.28. The summed E-state index contributed by atoms with van der Waals surface area (Å²) in [6.07, 6.45) is 3.69. The van der Waals surface area contributed by atoms with E-state index in [4.69, 9.17) is 0 Å². The molecule has 1 atom stereocenters. The molecule has 19 heavy (non-hydrogen) atoms. The summed E-state index contributed by atoms with van der Waals surface area (Å²) >= 11 is 1.89. The number of hydrogen-bond donors (Lipinski definition) is 1. The van der Waals surface area contributed by atoms with Crippen molar-refractivity contribution in [3.8, 4) is 0 Å². The fourth-order valence-corrected chi connectivity index (χ4v) is 3.15. The fraction of sp³-hybridized carbons (Fsp3) is 0.933. The number of nitrogens with zero attached hydrogens (tertiary/aromatic N) is 2. The highest BCUT2D eigenvalue weighted by molar-refractivity contribution is 8.14. The van der Waals surface area contributed by atoms with Crippen molar-refractivity contribution in [2.45, 2.75) is 59.0 Å². The van der Waals surface area contributed by atoms with Gasteiger partial charge in [0.25, 0.3) is 0 Å². The van der Waals surface area contributed by atoms with Crippen LogP contribution in [0.25, 0.3) is 0 Å². The highest BCUT2D eigenvalue weighted by atomic mass is 32.2. The Hall–Kier alpha value is -0.220. The molecule has 0 aromatic rings. The zero-order chi connectivity index (χ0) is 14.3.